The van der Waals surface area contributed by atoms with Crippen molar-refractivity contribution in [2.24, 2.45) is 5.92 Å². The van der Waals surface area contributed by atoms with Crippen LogP contribution in [0.1, 0.15) is 109 Å². The maximum Gasteiger partial charge on any atom is 0.335 e. The molecule has 1 aromatic heterocycles. The number of carbonyl (C=O) groups excluding carboxylic acids is 2. The highest BCUT2D eigenvalue weighted by atomic mass is 32.2. The number of carbonyl (C=O) groups is 4. The van der Waals surface area contributed by atoms with Gasteiger partial charge in [-0.2, -0.15) is 4.31 Å². The second kappa shape index (κ2) is 17.2. The highest BCUT2D eigenvalue weighted by molar-refractivity contribution is 7.89. The number of aliphatic carboxylic acids is 1. The van der Waals surface area contributed by atoms with Crippen LogP contribution in [0.2, 0.25) is 0 Å². The Kier molecular flexibility index (Phi) is 12.5. The third kappa shape index (κ3) is 8.99. The molecule has 12 heteroatoms. The summed E-state index contributed by atoms with van der Waals surface area (Å²) in [4.78, 5) is 52.1. The largest absolute Gasteiger partial charge is 0.481 e. The molecule has 0 radical (unpaired) electrons. The number of hydrogen-bond donors (Lipinski definition) is 3. The smallest absolute Gasteiger partial charge is 0.335 e. The Bertz CT molecular complexity index is 2120. The number of hydrogen-bond acceptors (Lipinski definition) is 7. The van der Waals surface area contributed by atoms with Gasteiger partial charge in [-0.15, -0.1) is 11.3 Å². The van der Waals surface area contributed by atoms with E-state index in [0.29, 0.717) is 41.8 Å². The Morgan fingerprint density at radius 1 is 0.833 bits per heavy atom. The van der Waals surface area contributed by atoms with Gasteiger partial charge in [0.1, 0.15) is 0 Å². The summed E-state index contributed by atoms with van der Waals surface area (Å²) in [6.07, 6.45) is 7.86. The molecule has 0 saturated heterocycles. The minimum absolute atomic E-state index is 0.0249. The van der Waals surface area contributed by atoms with Crippen LogP contribution in [0.4, 0.5) is 5.69 Å². The summed E-state index contributed by atoms with van der Waals surface area (Å²) in [6, 6.07) is 20.4. The number of sulfonamides is 1. The van der Waals surface area contributed by atoms with E-state index < -0.39 is 27.9 Å². The van der Waals surface area contributed by atoms with Crippen molar-refractivity contribution in [3.63, 3.8) is 0 Å². The molecule has 4 aromatic rings. The molecular formula is C42H46N2O8S2. The van der Waals surface area contributed by atoms with Gasteiger partial charge in [-0.1, -0.05) is 43.3 Å². The lowest BCUT2D eigenvalue weighted by Gasteiger charge is -2.34. The van der Waals surface area contributed by atoms with Gasteiger partial charge in [0.15, 0.2) is 5.78 Å². The molecule has 0 aliphatic heterocycles. The van der Waals surface area contributed by atoms with Crippen molar-refractivity contribution >= 4 is 50.7 Å². The lowest BCUT2D eigenvalue weighted by Crippen LogP contribution is -2.42. The van der Waals surface area contributed by atoms with Crippen molar-refractivity contribution in [2.45, 2.75) is 94.9 Å². The fraction of sp³-hybridized carbons (Fsp3) is 0.381. The Labute approximate surface area is 320 Å². The first kappa shape index (κ1) is 39.1. The Morgan fingerprint density at radius 2 is 1.48 bits per heavy atom. The zero-order valence-corrected chi connectivity index (χ0v) is 32.0. The van der Waals surface area contributed by atoms with Gasteiger partial charge in [0.25, 0.3) is 5.91 Å². The van der Waals surface area contributed by atoms with Gasteiger partial charge in [0.2, 0.25) is 10.0 Å². The quantitative estimate of drug-likeness (QED) is 0.103. The molecule has 0 unspecified atom stereocenters. The highest BCUT2D eigenvalue weighted by Gasteiger charge is 2.35. The number of rotatable bonds is 15. The number of Topliss-reactive ketones (excluding diaryl/α,β-unsaturated/α-hetero) is 1. The third-order valence-corrected chi connectivity index (χ3v) is 14.0. The van der Waals surface area contributed by atoms with E-state index in [0.717, 1.165) is 66.5 Å². The maximum atomic E-state index is 13.9. The average Bonchev–Trinajstić information content (AvgIpc) is 3.54. The summed E-state index contributed by atoms with van der Waals surface area (Å²) in [5.74, 6) is -2.78. The molecule has 3 N–H and O–H groups in total. The number of carboxylic acids is 2. The van der Waals surface area contributed by atoms with Gasteiger partial charge >= 0.3 is 11.9 Å². The SMILES string of the molecule is CCN(C1CCC(C(=O)O)CC1)S(=O)(=O)c1cccc(C(=O)Cc2sc3c(c2C(=O)Nc2ccc(CCCc4ccc(C(=O)O)cc4)cc2)CCCC3)c1. The van der Waals surface area contributed by atoms with E-state index in [9.17, 15) is 32.7 Å². The van der Waals surface area contributed by atoms with Crippen LogP contribution in [0.3, 0.4) is 0 Å². The first-order valence-electron chi connectivity index (χ1n) is 18.7. The number of fused-ring (bicyclic) bond motifs is 1. The van der Waals surface area contributed by atoms with Crippen molar-refractivity contribution in [1.82, 2.24) is 4.31 Å². The minimum atomic E-state index is -3.95. The predicted molar refractivity (Wildman–Crippen MR) is 208 cm³/mol. The number of aromatic carboxylic acids is 1. The maximum absolute atomic E-state index is 13.9. The van der Waals surface area contributed by atoms with E-state index in [4.69, 9.17) is 5.11 Å². The van der Waals surface area contributed by atoms with Crippen LogP contribution >= 0.6 is 11.3 Å². The van der Waals surface area contributed by atoms with E-state index in [1.807, 2.05) is 36.4 Å². The molecule has 1 saturated carbocycles. The Hall–Kier alpha value is -4.65. The second-order valence-electron chi connectivity index (χ2n) is 14.2. The van der Waals surface area contributed by atoms with Crippen LogP contribution < -0.4 is 5.32 Å². The fourth-order valence-electron chi connectivity index (χ4n) is 7.72. The third-order valence-electron chi connectivity index (χ3n) is 10.7. The number of amides is 1. The topological polar surface area (TPSA) is 158 Å². The summed E-state index contributed by atoms with van der Waals surface area (Å²) in [7, 11) is -3.95. The van der Waals surface area contributed by atoms with Crippen LogP contribution in [-0.4, -0.2) is 59.2 Å². The molecule has 0 atom stereocenters. The second-order valence-corrected chi connectivity index (χ2v) is 17.3. The molecule has 6 rings (SSSR count). The summed E-state index contributed by atoms with van der Waals surface area (Å²) >= 11 is 1.50. The van der Waals surface area contributed by atoms with Crippen LogP contribution in [-0.2, 0) is 46.9 Å². The van der Waals surface area contributed by atoms with Gasteiger partial charge in [0.05, 0.1) is 21.9 Å². The molecular weight excluding hydrogens is 725 g/mol. The number of benzene rings is 3. The molecule has 2 aliphatic carbocycles. The first-order valence-corrected chi connectivity index (χ1v) is 20.9. The van der Waals surface area contributed by atoms with Crippen molar-refractivity contribution in [2.75, 3.05) is 11.9 Å². The fourth-order valence-corrected chi connectivity index (χ4v) is 10.9. The van der Waals surface area contributed by atoms with Crippen molar-refractivity contribution in [3.05, 3.63) is 116 Å². The first-order chi connectivity index (χ1) is 25.9. The summed E-state index contributed by atoms with van der Waals surface area (Å²) in [6.45, 7) is 2.00. The zero-order chi connectivity index (χ0) is 38.4. The Morgan fingerprint density at radius 3 is 2.11 bits per heavy atom. The Balaban J connectivity index is 1.12. The molecule has 1 heterocycles. The van der Waals surface area contributed by atoms with Crippen LogP contribution in [0.15, 0.2) is 77.7 Å². The summed E-state index contributed by atoms with van der Waals surface area (Å²) < 4.78 is 29.1. The normalized spacial score (nSPS) is 17.1. The standard InChI is InChI=1S/C42H46N2O8S2/c1-2-44(33-23-19-30(20-24-33)42(49)50)54(51,52)34-10-6-9-31(25-34)36(45)26-38-39(35-11-3-4-12-37(35)53-38)40(46)43-32-21-15-28(16-22-32)8-5-7-27-13-17-29(18-14-27)41(47)48/h6,9-10,13-18,21-22,25,30,33H,2-5,7-8,11-12,19-20,23-24,26H2,1H3,(H,43,46)(H,47,48)(H,49,50). The molecule has 1 amide bonds. The molecule has 1 fully saturated rings. The number of anilines is 1. The van der Waals surface area contributed by atoms with Gasteiger partial charge in [-0.3, -0.25) is 14.4 Å². The lowest BCUT2D eigenvalue weighted by atomic mass is 9.86. The van der Waals surface area contributed by atoms with Gasteiger partial charge < -0.3 is 15.5 Å². The molecule has 0 bridgehead atoms. The molecule has 0 spiro atoms. The van der Waals surface area contributed by atoms with Gasteiger partial charge in [0, 0.05) is 40.0 Å². The average molecular weight is 771 g/mol. The monoisotopic (exact) mass is 770 g/mol. The van der Waals surface area contributed by atoms with E-state index in [1.165, 1.54) is 27.8 Å². The van der Waals surface area contributed by atoms with Crippen molar-refractivity contribution < 1.29 is 37.8 Å². The zero-order valence-electron chi connectivity index (χ0n) is 30.4. The number of aryl methyl sites for hydroxylation is 3. The number of ketones is 1. The van der Waals surface area contributed by atoms with Crippen molar-refractivity contribution in [1.29, 1.82) is 0 Å². The number of carboxylic acid groups (broad SMARTS) is 2. The number of nitrogens with one attached hydrogen (secondary N) is 1. The number of thiophene rings is 1. The minimum Gasteiger partial charge on any atom is -0.481 e. The van der Waals surface area contributed by atoms with Crippen molar-refractivity contribution in [3.8, 4) is 0 Å². The van der Waals surface area contributed by atoms with Gasteiger partial charge in [-0.25, -0.2) is 13.2 Å². The van der Waals surface area contributed by atoms with E-state index in [-0.39, 0.29) is 46.7 Å². The summed E-state index contributed by atoms with van der Waals surface area (Å²) in [5, 5.41) is 21.5. The molecule has 284 valence electrons. The molecule has 10 nitrogen and oxygen atoms in total. The van der Waals surface area contributed by atoms with E-state index in [2.05, 4.69) is 5.32 Å². The molecule has 3 aromatic carbocycles. The lowest BCUT2D eigenvalue weighted by molar-refractivity contribution is -0.143. The van der Waals surface area contributed by atoms with E-state index in [1.54, 1.807) is 31.2 Å². The van der Waals surface area contributed by atoms with Gasteiger partial charge in [-0.05, 0) is 124 Å². The molecule has 54 heavy (non-hydrogen) atoms. The summed E-state index contributed by atoms with van der Waals surface area (Å²) in [5.41, 5.74) is 4.90. The van der Waals surface area contributed by atoms with E-state index >= 15 is 0 Å². The van der Waals surface area contributed by atoms with Crippen LogP contribution in [0, 0.1) is 5.92 Å². The van der Waals surface area contributed by atoms with Crippen LogP contribution in [0.25, 0.3) is 0 Å². The number of nitrogens with zero attached hydrogens (tertiary/aromatic N) is 1. The predicted octanol–water partition coefficient (Wildman–Crippen LogP) is 7.83. The van der Waals surface area contributed by atoms with Crippen LogP contribution in [0.5, 0.6) is 0 Å². The molecule has 2 aliphatic rings. The highest BCUT2D eigenvalue weighted by Crippen LogP contribution is 2.36.